The van der Waals surface area contributed by atoms with Gasteiger partial charge in [-0.25, -0.2) is 0 Å². The average Bonchev–Trinajstić information content (AvgIpc) is 2.93. The largest absolute Gasteiger partial charge is 0.341 e. The van der Waals surface area contributed by atoms with E-state index in [0.717, 1.165) is 18.7 Å². The van der Waals surface area contributed by atoms with Crippen LogP contribution >= 0.6 is 11.6 Å². The van der Waals surface area contributed by atoms with Gasteiger partial charge >= 0.3 is 0 Å². The molecule has 0 saturated carbocycles. The van der Waals surface area contributed by atoms with E-state index in [2.05, 4.69) is 26.8 Å². The van der Waals surface area contributed by atoms with Gasteiger partial charge in [0.2, 0.25) is 11.2 Å². The molecule has 1 aromatic heterocycles. The van der Waals surface area contributed by atoms with Crippen molar-refractivity contribution in [2.75, 3.05) is 18.0 Å². The molecule has 19 heavy (non-hydrogen) atoms. The molecule has 1 saturated heterocycles. The minimum absolute atomic E-state index is 0.257. The summed E-state index contributed by atoms with van der Waals surface area (Å²) in [5.74, 6) is 1.33. The van der Waals surface area contributed by atoms with Crippen LogP contribution in [0.5, 0.6) is 0 Å². The van der Waals surface area contributed by atoms with E-state index in [1.165, 1.54) is 18.4 Å². The zero-order valence-electron chi connectivity index (χ0n) is 10.8. The van der Waals surface area contributed by atoms with Crippen molar-refractivity contribution in [3.63, 3.8) is 0 Å². The first kappa shape index (κ1) is 12.4. The second kappa shape index (κ2) is 5.13. The van der Waals surface area contributed by atoms with Crippen LogP contribution in [0.4, 0.5) is 5.95 Å². The summed E-state index contributed by atoms with van der Waals surface area (Å²) >= 11 is 6.02. The highest BCUT2D eigenvalue weighted by atomic mass is 35.5. The van der Waals surface area contributed by atoms with Crippen LogP contribution in [0.2, 0.25) is 5.28 Å². The average molecular weight is 275 g/mol. The van der Waals surface area contributed by atoms with Crippen LogP contribution in [-0.2, 0) is 0 Å². The van der Waals surface area contributed by atoms with Crippen LogP contribution in [0.3, 0.4) is 0 Å². The second-order valence-electron chi connectivity index (χ2n) is 4.79. The second-order valence-corrected chi connectivity index (χ2v) is 5.13. The molecule has 5 heteroatoms. The molecule has 1 aliphatic rings. The molecule has 0 atom stereocenters. The van der Waals surface area contributed by atoms with Crippen molar-refractivity contribution in [2.45, 2.75) is 19.8 Å². The number of nitrogens with zero attached hydrogens (tertiary/aromatic N) is 4. The number of hydrogen-bond acceptors (Lipinski definition) is 4. The predicted octanol–water partition coefficient (Wildman–Crippen LogP) is 3.10. The van der Waals surface area contributed by atoms with E-state index in [1.807, 2.05) is 24.3 Å². The van der Waals surface area contributed by atoms with E-state index in [-0.39, 0.29) is 5.28 Å². The fraction of sp³-hybridized carbons (Fsp3) is 0.357. The van der Waals surface area contributed by atoms with Crippen molar-refractivity contribution < 1.29 is 0 Å². The Labute approximate surface area is 117 Å². The molecule has 0 N–H and O–H groups in total. The monoisotopic (exact) mass is 274 g/mol. The highest BCUT2D eigenvalue weighted by Gasteiger charge is 2.17. The molecule has 98 valence electrons. The highest BCUT2D eigenvalue weighted by molar-refractivity contribution is 6.28. The molecular weight excluding hydrogens is 260 g/mol. The first-order chi connectivity index (χ1) is 9.22. The Balaban J connectivity index is 1.99. The number of anilines is 1. The van der Waals surface area contributed by atoms with Crippen LogP contribution in [-0.4, -0.2) is 28.0 Å². The van der Waals surface area contributed by atoms with Crippen molar-refractivity contribution in [2.24, 2.45) is 0 Å². The van der Waals surface area contributed by atoms with E-state index >= 15 is 0 Å². The smallest absolute Gasteiger partial charge is 0.230 e. The van der Waals surface area contributed by atoms with Gasteiger partial charge in [-0.1, -0.05) is 29.8 Å². The Morgan fingerprint density at radius 1 is 1.00 bits per heavy atom. The molecule has 1 aliphatic heterocycles. The molecule has 1 fully saturated rings. The molecule has 1 aromatic carbocycles. The molecule has 0 radical (unpaired) electrons. The lowest BCUT2D eigenvalue weighted by Crippen LogP contribution is -2.21. The van der Waals surface area contributed by atoms with Gasteiger partial charge < -0.3 is 4.90 Å². The molecule has 0 bridgehead atoms. The third-order valence-corrected chi connectivity index (χ3v) is 3.46. The summed E-state index contributed by atoms with van der Waals surface area (Å²) in [6.45, 7) is 4.04. The molecule has 4 nitrogen and oxygen atoms in total. The molecule has 3 rings (SSSR count). The number of benzene rings is 1. The number of halogens is 1. The van der Waals surface area contributed by atoms with Gasteiger partial charge in [0.05, 0.1) is 0 Å². The lowest BCUT2D eigenvalue weighted by atomic mass is 10.1. The van der Waals surface area contributed by atoms with Crippen molar-refractivity contribution >= 4 is 17.5 Å². The maximum atomic E-state index is 6.02. The Hall–Kier alpha value is -1.68. The zero-order chi connectivity index (χ0) is 13.2. The molecule has 0 spiro atoms. The summed E-state index contributed by atoms with van der Waals surface area (Å²) in [7, 11) is 0. The fourth-order valence-electron chi connectivity index (χ4n) is 2.23. The molecule has 2 heterocycles. The number of aromatic nitrogens is 3. The van der Waals surface area contributed by atoms with Gasteiger partial charge in [0, 0.05) is 18.7 Å². The van der Waals surface area contributed by atoms with Crippen LogP contribution in [0.25, 0.3) is 11.4 Å². The van der Waals surface area contributed by atoms with E-state index in [0.29, 0.717) is 11.8 Å². The Morgan fingerprint density at radius 3 is 2.37 bits per heavy atom. The Morgan fingerprint density at radius 2 is 1.68 bits per heavy atom. The zero-order valence-corrected chi connectivity index (χ0v) is 11.6. The fourth-order valence-corrected chi connectivity index (χ4v) is 2.39. The number of hydrogen-bond donors (Lipinski definition) is 0. The highest BCUT2D eigenvalue weighted by Crippen LogP contribution is 2.22. The van der Waals surface area contributed by atoms with Crippen LogP contribution in [0.1, 0.15) is 18.4 Å². The summed E-state index contributed by atoms with van der Waals surface area (Å²) in [5.41, 5.74) is 2.18. The standard InChI is InChI=1S/C14H15ClN4/c1-10-4-6-11(7-5-10)12-16-13(15)18-14(17-12)19-8-2-3-9-19/h4-7H,2-3,8-9H2,1H3. The van der Waals surface area contributed by atoms with Gasteiger partial charge in [0.15, 0.2) is 5.82 Å². The minimum atomic E-state index is 0.257. The normalized spacial score (nSPS) is 14.9. The van der Waals surface area contributed by atoms with Crippen molar-refractivity contribution in [3.05, 3.63) is 35.1 Å². The first-order valence-electron chi connectivity index (χ1n) is 6.46. The summed E-state index contributed by atoms with van der Waals surface area (Å²) in [6.07, 6.45) is 2.37. The van der Waals surface area contributed by atoms with E-state index in [9.17, 15) is 0 Å². The summed E-state index contributed by atoms with van der Waals surface area (Å²) in [4.78, 5) is 15.1. The van der Waals surface area contributed by atoms with Crippen molar-refractivity contribution in [3.8, 4) is 11.4 Å². The van der Waals surface area contributed by atoms with E-state index in [1.54, 1.807) is 0 Å². The summed E-state index contributed by atoms with van der Waals surface area (Å²) < 4.78 is 0. The van der Waals surface area contributed by atoms with E-state index in [4.69, 9.17) is 11.6 Å². The quantitative estimate of drug-likeness (QED) is 0.844. The lowest BCUT2D eigenvalue weighted by Gasteiger charge is -2.15. The molecule has 2 aromatic rings. The minimum Gasteiger partial charge on any atom is -0.341 e. The van der Waals surface area contributed by atoms with Gasteiger partial charge in [0.1, 0.15) is 0 Å². The van der Waals surface area contributed by atoms with Crippen LogP contribution < -0.4 is 4.90 Å². The Bertz CT molecular complexity index is 576. The third kappa shape index (κ3) is 2.68. The van der Waals surface area contributed by atoms with Crippen molar-refractivity contribution in [1.82, 2.24) is 15.0 Å². The SMILES string of the molecule is Cc1ccc(-c2nc(Cl)nc(N3CCCC3)n2)cc1. The van der Waals surface area contributed by atoms with Crippen molar-refractivity contribution in [1.29, 1.82) is 0 Å². The summed E-state index contributed by atoms with van der Waals surface area (Å²) in [5, 5.41) is 0.257. The van der Waals surface area contributed by atoms with E-state index < -0.39 is 0 Å². The van der Waals surface area contributed by atoms with Gasteiger partial charge in [-0.2, -0.15) is 15.0 Å². The molecule has 0 unspecified atom stereocenters. The predicted molar refractivity (Wildman–Crippen MR) is 76.5 cm³/mol. The lowest BCUT2D eigenvalue weighted by molar-refractivity contribution is 0.883. The third-order valence-electron chi connectivity index (χ3n) is 3.29. The number of rotatable bonds is 2. The Kier molecular flexibility index (Phi) is 3.34. The van der Waals surface area contributed by atoms with Gasteiger partial charge in [-0.05, 0) is 31.4 Å². The van der Waals surface area contributed by atoms with Gasteiger partial charge in [-0.3, -0.25) is 0 Å². The van der Waals surface area contributed by atoms with Gasteiger partial charge in [0.25, 0.3) is 0 Å². The molecule has 0 amide bonds. The first-order valence-corrected chi connectivity index (χ1v) is 6.84. The summed E-state index contributed by atoms with van der Waals surface area (Å²) in [6, 6.07) is 8.11. The molecular formula is C14H15ClN4. The van der Waals surface area contributed by atoms with Gasteiger partial charge in [-0.15, -0.1) is 0 Å². The maximum absolute atomic E-state index is 6.02. The molecule has 0 aliphatic carbocycles. The topological polar surface area (TPSA) is 41.9 Å². The van der Waals surface area contributed by atoms with Crippen LogP contribution in [0, 0.1) is 6.92 Å². The maximum Gasteiger partial charge on any atom is 0.230 e. The number of aryl methyl sites for hydroxylation is 1. The van der Waals surface area contributed by atoms with Crippen LogP contribution in [0.15, 0.2) is 24.3 Å².